The number of fused-ring (bicyclic) bond motifs is 6. The normalized spacial score (nSPS) is 21.8. The van der Waals surface area contributed by atoms with Crippen LogP contribution in [-0.2, 0) is 10.0 Å². The maximum absolute atomic E-state index is 12.4. The first-order valence-corrected chi connectivity index (χ1v) is 16.7. The van der Waals surface area contributed by atoms with E-state index < -0.39 is 16.6 Å². The van der Waals surface area contributed by atoms with Gasteiger partial charge in [0, 0.05) is 37.9 Å². The van der Waals surface area contributed by atoms with E-state index in [-0.39, 0.29) is 5.75 Å². The average molecular weight is 581 g/mol. The van der Waals surface area contributed by atoms with E-state index >= 15 is 0 Å². The molecule has 7 rings (SSSR count). The Balaban J connectivity index is 1.35. The average Bonchev–Trinajstić information content (AvgIpc) is 3.47. The Morgan fingerprint density at radius 2 is 1.66 bits per heavy atom. The summed E-state index contributed by atoms with van der Waals surface area (Å²) in [6.07, 6.45) is 12.9. The summed E-state index contributed by atoms with van der Waals surface area (Å²) in [6.45, 7) is 3.39. The summed E-state index contributed by atoms with van der Waals surface area (Å²) in [5.74, 6) is 2.85. The minimum Gasteiger partial charge on any atom is -0.416 e. The Bertz CT molecular complexity index is 1440. The van der Waals surface area contributed by atoms with Crippen molar-refractivity contribution >= 4 is 27.2 Å². The summed E-state index contributed by atoms with van der Waals surface area (Å²) < 4.78 is 33.6. The van der Waals surface area contributed by atoms with Crippen molar-refractivity contribution in [3.63, 3.8) is 0 Å². The van der Waals surface area contributed by atoms with Gasteiger partial charge in [-0.1, -0.05) is 25.7 Å². The Kier molecular flexibility index (Phi) is 8.43. The molecule has 2 aromatic heterocycles. The molecular formula is C30H40N6O4S. The van der Waals surface area contributed by atoms with Crippen LogP contribution in [0.5, 0.6) is 0 Å². The third-order valence-corrected chi connectivity index (χ3v) is 10.1. The van der Waals surface area contributed by atoms with Crippen LogP contribution < -0.4 is 14.5 Å². The number of hydrogen-bond donors (Lipinski definition) is 2. The Hall–Kier alpha value is -3.18. The number of rotatable bonds is 4. The van der Waals surface area contributed by atoms with E-state index in [1.165, 1.54) is 44.9 Å². The lowest BCUT2D eigenvalue weighted by Gasteiger charge is -2.35. The molecule has 8 bridgehead atoms. The number of sulfonamides is 1. The lowest BCUT2D eigenvalue weighted by Crippen LogP contribution is -2.36. The molecule has 41 heavy (non-hydrogen) atoms. The Morgan fingerprint density at radius 1 is 0.878 bits per heavy atom. The fourth-order valence-electron chi connectivity index (χ4n) is 6.58. The SMILES string of the molecule is O=S(=O)(CCO)Nc1ccc2c(c1)N1CCC(CCCCCC3CCCN(C3)c3cc(ccn3)-c3nnc-2o3)CC1. The van der Waals surface area contributed by atoms with Gasteiger partial charge >= 0.3 is 0 Å². The van der Waals surface area contributed by atoms with Crippen molar-refractivity contribution in [2.75, 3.05) is 53.1 Å². The molecule has 0 amide bonds. The number of benzene rings is 1. The number of nitrogens with zero attached hydrogens (tertiary/aromatic N) is 5. The molecule has 220 valence electrons. The molecule has 2 N–H and O–H groups in total. The van der Waals surface area contributed by atoms with Crippen molar-refractivity contribution in [2.45, 2.75) is 57.8 Å². The van der Waals surface area contributed by atoms with Gasteiger partial charge in [-0.2, -0.15) is 0 Å². The molecule has 10 nitrogen and oxygen atoms in total. The fraction of sp³-hybridized carbons (Fsp3) is 0.567. The van der Waals surface area contributed by atoms with Crippen molar-refractivity contribution < 1.29 is 17.9 Å². The van der Waals surface area contributed by atoms with Gasteiger partial charge < -0.3 is 19.3 Å². The van der Waals surface area contributed by atoms with Gasteiger partial charge in [0.05, 0.1) is 29.3 Å². The number of piperidine rings is 2. The number of nitrogens with one attached hydrogen (secondary N) is 1. The lowest BCUT2D eigenvalue weighted by molar-refractivity contribution is 0.320. The standard InChI is InChI=1S/C30H40N6O4S/c37-17-18-41(38,39)34-25-8-9-26-27(20-25)35-15-11-22(12-16-35)5-2-1-3-6-23-7-4-14-36(21-23)28-19-24(10-13-31-28)29-32-33-30(26)40-29/h8-10,13,19-20,22-23,34,37H,1-7,11-12,14-18,21H2. The minimum absolute atomic E-state index is 0.353. The molecule has 0 spiro atoms. The molecule has 0 radical (unpaired) electrons. The molecule has 1 atom stereocenters. The highest BCUT2D eigenvalue weighted by molar-refractivity contribution is 7.92. The van der Waals surface area contributed by atoms with Gasteiger partial charge in [-0.15, -0.1) is 10.2 Å². The summed E-state index contributed by atoms with van der Waals surface area (Å²) in [5.41, 5.74) is 2.93. The zero-order valence-corrected chi connectivity index (χ0v) is 24.4. The zero-order valence-electron chi connectivity index (χ0n) is 23.5. The molecule has 6 heterocycles. The molecule has 0 saturated carbocycles. The third-order valence-electron chi connectivity index (χ3n) is 8.80. The second kappa shape index (κ2) is 12.4. The second-order valence-corrected chi connectivity index (χ2v) is 13.6. The highest BCUT2D eigenvalue weighted by atomic mass is 32.2. The predicted octanol–water partition coefficient (Wildman–Crippen LogP) is 4.93. The zero-order chi connectivity index (χ0) is 28.2. The molecule has 0 aliphatic carbocycles. The van der Waals surface area contributed by atoms with E-state index in [4.69, 9.17) is 9.52 Å². The van der Waals surface area contributed by atoms with Gasteiger partial charge in [-0.25, -0.2) is 13.4 Å². The quantitative estimate of drug-likeness (QED) is 0.442. The van der Waals surface area contributed by atoms with Crippen molar-refractivity contribution in [1.29, 1.82) is 0 Å². The van der Waals surface area contributed by atoms with Gasteiger partial charge in [-0.3, -0.25) is 4.72 Å². The minimum atomic E-state index is -3.65. The van der Waals surface area contributed by atoms with Crippen LogP contribution in [-0.4, -0.2) is 67.2 Å². The van der Waals surface area contributed by atoms with Crippen molar-refractivity contribution in [3.05, 3.63) is 36.5 Å². The number of hydrogen-bond acceptors (Lipinski definition) is 9. The molecule has 2 saturated heterocycles. The number of anilines is 3. The molecule has 11 heteroatoms. The van der Waals surface area contributed by atoms with Crippen LogP contribution in [0.2, 0.25) is 0 Å². The summed E-state index contributed by atoms with van der Waals surface area (Å²) in [7, 11) is -3.65. The van der Waals surface area contributed by atoms with Crippen molar-refractivity contribution in [3.8, 4) is 22.9 Å². The summed E-state index contributed by atoms with van der Waals surface area (Å²) in [5, 5.41) is 18.0. The fourth-order valence-corrected chi connectivity index (χ4v) is 7.40. The van der Waals surface area contributed by atoms with Crippen LogP contribution in [0.1, 0.15) is 57.8 Å². The number of aliphatic hydroxyl groups excluding tert-OH is 1. The van der Waals surface area contributed by atoms with Crippen LogP contribution in [0.15, 0.2) is 40.9 Å². The first-order chi connectivity index (χ1) is 20.0. The van der Waals surface area contributed by atoms with Gasteiger partial charge in [0.25, 0.3) is 0 Å². The largest absolute Gasteiger partial charge is 0.416 e. The predicted molar refractivity (Wildman–Crippen MR) is 160 cm³/mol. The first kappa shape index (κ1) is 28.0. The summed E-state index contributed by atoms with van der Waals surface area (Å²) in [6, 6.07) is 9.34. The number of aliphatic hydroxyl groups is 1. The highest BCUT2D eigenvalue weighted by Crippen LogP contribution is 2.38. The molecular weight excluding hydrogens is 540 g/mol. The number of aromatic nitrogens is 3. The van der Waals surface area contributed by atoms with Crippen LogP contribution >= 0.6 is 0 Å². The monoisotopic (exact) mass is 580 g/mol. The molecule has 4 aliphatic heterocycles. The van der Waals surface area contributed by atoms with Gasteiger partial charge in [0.1, 0.15) is 5.82 Å². The van der Waals surface area contributed by atoms with E-state index in [9.17, 15) is 8.42 Å². The molecule has 4 aliphatic rings. The van der Waals surface area contributed by atoms with Crippen molar-refractivity contribution in [1.82, 2.24) is 15.2 Å². The van der Waals surface area contributed by atoms with E-state index in [1.807, 2.05) is 30.5 Å². The van der Waals surface area contributed by atoms with Gasteiger partial charge in [0.2, 0.25) is 21.8 Å². The Morgan fingerprint density at radius 3 is 2.49 bits per heavy atom. The number of pyridine rings is 1. The smallest absolute Gasteiger partial charge is 0.250 e. The van der Waals surface area contributed by atoms with Crippen LogP contribution in [0, 0.1) is 11.8 Å². The maximum Gasteiger partial charge on any atom is 0.250 e. The van der Waals surface area contributed by atoms with Crippen molar-refractivity contribution in [2.24, 2.45) is 11.8 Å². The Labute approximate surface area is 242 Å². The van der Waals surface area contributed by atoms with E-state index in [0.29, 0.717) is 29.3 Å². The maximum atomic E-state index is 12.4. The van der Waals surface area contributed by atoms with Crippen LogP contribution in [0.25, 0.3) is 22.9 Å². The van der Waals surface area contributed by atoms with E-state index in [0.717, 1.165) is 61.7 Å². The first-order valence-electron chi connectivity index (χ1n) is 15.0. The second-order valence-electron chi connectivity index (χ2n) is 11.7. The molecule has 3 aromatic rings. The molecule has 1 unspecified atom stereocenters. The van der Waals surface area contributed by atoms with Gasteiger partial charge in [-0.05, 0) is 74.3 Å². The molecule has 2 fully saturated rings. The van der Waals surface area contributed by atoms with Crippen LogP contribution in [0.3, 0.4) is 0 Å². The highest BCUT2D eigenvalue weighted by Gasteiger charge is 2.26. The topological polar surface area (TPSA) is 125 Å². The summed E-state index contributed by atoms with van der Waals surface area (Å²) >= 11 is 0. The van der Waals surface area contributed by atoms with Crippen LogP contribution in [0.4, 0.5) is 17.2 Å². The lowest BCUT2D eigenvalue weighted by atomic mass is 9.89. The van der Waals surface area contributed by atoms with E-state index in [2.05, 4.69) is 29.7 Å². The van der Waals surface area contributed by atoms with E-state index in [1.54, 1.807) is 6.07 Å². The third kappa shape index (κ3) is 6.67. The van der Waals surface area contributed by atoms with Gasteiger partial charge in [0.15, 0.2) is 0 Å². The molecule has 1 aromatic carbocycles. The summed E-state index contributed by atoms with van der Waals surface area (Å²) in [4.78, 5) is 9.38.